The molecule has 6 rings (SSSR count). The number of benzene rings is 3. The van der Waals surface area contributed by atoms with Gasteiger partial charge in [-0.05, 0) is 48.0 Å². The second kappa shape index (κ2) is 11.7. The molecule has 0 aliphatic carbocycles. The number of halogens is 6. The molecule has 0 radical (unpaired) electrons. The highest BCUT2D eigenvalue weighted by molar-refractivity contribution is 9.10. The summed E-state index contributed by atoms with van der Waals surface area (Å²) in [5.41, 5.74) is -0.747. The molecule has 1 aromatic heterocycles. The first-order valence-electron chi connectivity index (χ1n) is 12.8. The van der Waals surface area contributed by atoms with Crippen molar-refractivity contribution >= 4 is 91.3 Å². The largest absolute Gasteiger partial charge is 0.418 e. The molecule has 1 fully saturated rings. The van der Waals surface area contributed by atoms with Crippen LogP contribution in [-0.2, 0) is 27.1 Å². The predicted octanol–water partition coefficient (Wildman–Crippen LogP) is 7.43. The van der Waals surface area contributed by atoms with Crippen LogP contribution in [0.1, 0.15) is 21.9 Å². The zero-order valence-corrected chi connectivity index (χ0v) is 26.6. The number of thioether (sulfide) groups is 1. The third-order valence-corrected chi connectivity index (χ3v) is 11.0. The average molecular weight is 743 g/mol. The maximum Gasteiger partial charge on any atom is 0.418 e. The first-order valence-corrected chi connectivity index (χ1v) is 16.0. The van der Waals surface area contributed by atoms with E-state index in [4.69, 9.17) is 23.2 Å². The minimum Gasteiger partial charge on any atom is -0.324 e. The van der Waals surface area contributed by atoms with Gasteiger partial charge in [-0.2, -0.15) is 13.2 Å². The van der Waals surface area contributed by atoms with Crippen LogP contribution in [0.15, 0.2) is 81.0 Å². The molecule has 226 valence electrons. The van der Waals surface area contributed by atoms with Crippen LogP contribution in [0.4, 0.5) is 24.5 Å². The van der Waals surface area contributed by atoms with Gasteiger partial charge < -0.3 is 5.32 Å². The highest BCUT2D eigenvalue weighted by atomic mass is 79.9. The molecule has 3 atom stereocenters. The lowest BCUT2D eigenvalue weighted by atomic mass is 9.83. The van der Waals surface area contributed by atoms with Crippen LogP contribution in [0.3, 0.4) is 0 Å². The molecule has 1 saturated heterocycles. The van der Waals surface area contributed by atoms with Crippen molar-refractivity contribution in [3.8, 4) is 0 Å². The monoisotopic (exact) mass is 741 g/mol. The van der Waals surface area contributed by atoms with E-state index in [-0.39, 0.29) is 5.02 Å². The number of hydrogen-bond acceptors (Lipinski definition) is 6. The molecule has 0 spiro atoms. The number of nitrogens with zero attached hydrogens (tertiary/aromatic N) is 2. The fourth-order valence-corrected chi connectivity index (χ4v) is 8.87. The summed E-state index contributed by atoms with van der Waals surface area (Å²) in [6.45, 7) is -0.427. The van der Waals surface area contributed by atoms with E-state index in [0.29, 0.717) is 35.5 Å². The quantitative estimate of drug-likeness (QED) is 0.215. The number of para-hydroxylation sites is 1. The summed E-state index contributed by atoms with van der Waals surface area (Å²) in [5.74, 6) is -4.15. The van der Waals surface area contributed by atoms with Gasteiger partial charge in [-0.25, -0.2) is 4.90 Å². The van der Waals surface area contributed by atoms with Crippen molar-refractivity contribution in [2.24, 2.45) is 5.92 Å². The summed E-state index contributed by atoms with van der Waals surface area (Å²) in [5, 5.41) is 2.30. The van der Waals surface area contributed by atoms with E-state index >= 15 is 0 Å². The maximum absolute atomic E-state index is 14.0. The minimum absolute atomic E-state index is 0.217. The van der Waals surface area contributed by atoms with Gasteiger partial charge >= 0.3 is 11.0 Å². The second-order valence-corrected chi connectivity index (χ2v) is 13.8. The second-order valence-electron chi connectivity index (χ2n) is 9.92. The number of carbonyl (C=O) groups excluding carboxylic acids is 3. The smallest absolute Gasteiger partial charge is 0.324 e. The van der Waals surface area contributed by atoms with E-state index in [0.717, 1.165) is 35.2 Å². The van der Waals surface area contributed by atoms with Crippen LogP contribution in [-0.4, -0.2) is 27.5 Å². The Morgan fingerprint density at radius 3 is 2.41 bits per heavy atom. The van der Waals surface area contributed by atoms with Gasteiger partial charge in [0, 0.05) is 21.0 Å². The number of fused-ring (bicyclic) bond motifs is 2. The summed E-state index contributed by atoms with van der Waals surface area (Å²) in [6.07, 6.45) is -4.82. The normalized spacial score (nSPS) is 19.6. The van der Waals surface area contributed by atoms with Gasteiger partial charge in [-0.3, -0.25) is 23.7 Å². The number of thiazole rings is 1. The summed E-state index contributed by atoms with van der Waals surface area (Å²) in [7, 11) is 0. The third kappa shape index (κ3) is 5.49. The molecule has 2 unspecified atom stereocenters. The minimum atomic E-state index is -4.82. The van der Waals surface area contributed by atoms with Gasteiger partial charge in [-0.15, -0.1) is 0 Å². The van der Waals surface area contributed by atoms with Gasteiger partial charge in [-0.1, -0.05) is 86.5 Å². The van der Waals surface area contributed by atoms with Crippen molar-refractivity contribution in [3.05, 3.63) is 107 Å². The van der Waals surface area contributed by atoms with E-state index in [1.165, 1.54) is 34.9 Å². The summed E-state index contributed by atoms with van der Waals surface area (Å²) < 4.78 is 43.7. The molecule has 15 heteroatoms. The molecule has 0 saturated carbocycles. The van der Waals surface area contributed by atoms with Gasteiger partial charge in [0.15, 0.2) is 0 Å². The van der Waals surface area contributed by atoms with Crippen LogP contribution in [0.25, 0.3) is 0 Å². The molecule has 2 aliphatic heterocycles. The molecule has 0 bridgehead atoms. The zero-order chi connectivity index (χ0) is 31.5. The SMILES string of the molecule is O=C(Cn1c2c(sc1=O)[C@H](c1cccc(Br)c1)C1C(=O)N(c3ccccc3C(F)(F)F)C(=O)C1S2)Nc1ccc(Cl)c(Cl)c1. The lowest BCUT2D eigenvalue weighted by molar-refractivity contribution is -0.137. The van der Waals surface area contributed by atoms with Gasteiger partial charge in [0.1, 0.15) is 11.8 Å². The average Bonchev–Trinajstić information content (AvgIpc) is 3.40. The van der Waals surface area contributed by atoms with Crippen molar-refractivity contribution in [1.29, 1.82) is 0 Å². The zero-order valence-electron chi connectivity index (χ0n) is 21.9. The summed E-state index contributed by atoms with van der Waals surface area (Å²) in [4.78, 5) is 54.7. The van der Waals surface area contributed by atoms with E-state index in [9.17, 15) is 32.3 Å². The van der Waals surface area contributed by atoms with E-state index in [1.54, 1.807) is 24.3 Å². The van der Waals surface area contributed by atoms with Gasteiger partial charge in [0.25, 0.3) is 0 Å². The van der Waals surface area contributed by atoms with E-state index in [2.05, 4.69) is 21.2 Å². The van der Waals surface area contributed by atoms with Crippen molar-refractivity contribution in [2.75, 3.05) is 10.2 Å². The Hall–Kier alpha value is -3.10. The van der Waals surface area contributed by atoms with Crippen molar-refractivity contribution in [2.45, 2.75) is 28.9 Å². The number of imide groups is 1. The maximum atomic E-state index is 14.0. The Labute approximate surface area is 274 Å². The lowest BCUT2D eigenvalue weighted by Gasteiger charge is -2.30. The molecular weight excluding hydrogens is 726 g/mol. The summed E-state index contributed by atoms with van der Waals surface area (Å²) >= 11 is 17.1. The number of aromatic nitrogens is 1. The van der Waals surface area contributed by atoms with Crippen LogP contribution >= 0.6 is 62.2 Å². The number of alkyl halides is 3. The Morgan fingerprint density at radius 1 is 0.955 bits per heavy atom. The molecular formula is C29H17BrCl2F3N3O4S2. The highest BCUT2D eigenvalue weighted by Gasteiger charge is 2.57. The van der Waals surface area contributed by atoms with E-state index in [1.807, 2.05) is 0 Å². The molecule has 7 nitrogen and oxygen atoms in total. The molecule has 2 aliphatic rings. The van der Waals surface area contributed by atoms with Crippen LogP contribution in [0.5, 0.6) is 0 Å². The van der Waals surface area contributed by atoms with Gasteiger partial charge in [0.2, 0.25) is 17.7 Å². The number of rotatable bonds is 5. The molecule has 4 aromatic rings. The molecule has 3 amide bonds. The van der Waals surface area contributed by atoms with E-state index < -0.39 is 63.7 Å². The first-order chi connectivity index (χ1) is 20.8. The number of amides is 3. The Kier molecular flexibility index (Phi) is 8.20. The van der Waals surface area contributed by atoms with Crippen LogP contribution in [0.2, 0.25) is 10.0 Å². The molecule has 1 N–H and O–H groups in total. The van der Waals surface area contributed by atoms with Crippen LogP contribution in [0, 0.1) is 5.92 Å². The van der Waals surface area contributed by atoms with Crippen LogP contribution < -0.4 is 15.1 Å². The highest BCUT2D eigenvalue weighted by Crippen LogP contribution is 2.54. The van der Waals surface area contributed by atoms with Crippen molar-refractivity contribution in [1.82, 2.24) is 4.57 Å². The molecule has 3 heterocycles. The Bertz CT molecular complexity index is 1920. The van der Waals surface area contributed by atoms with Crippen molar-refractivity contribution < 1.29 is 27.6 Å². The standard InChI is InChI=1S/C29H17BrCl2F3N3O4S2/c30-14-5-3-4-13(10-14)21-22-23(26(41)38(25(22)40)19-7-2-1-6-16(19)29(33,34)35)43-27-24(21)44-28(42)37(27)12-20(39)36-15-8-9-17(31)18(32)11-15/h1-11,21-23H,12H2,(H,36,39)/t21-,22?,23?/m1/s1. The Balaban J connectivity index is 1.43. The molecule has 3 aromatic carbocycles. The number of hydrogen-bond donors (Lipinski definition) is 1. The predicted molar refractivity (Wildman–Crippen MR) is 167 cm³/mol. The van der Waals surface area contributed by atoms with Gasteiger partial charge in [0.05, 0.1) is 32.2 Å². The van der Waals surface area contributed by atoms with Crippen molar-refractivity contribution in [3.63, 3.8) is 0 Å². The topological polar surface area (TPSA) is 88.5 Å². The number of carbonyl (C=O) groups is 3. The fraction of sp³-hybridized carbons (Fsp3) is 0.172. The number of anilines is 2. The Morgan fingerprint density at radius 2 is 1.70 bits per heavy atom. The number of nitrogens with one attached hydrogen (secondary N) is 1. The first kappa shape index (κ1) is 30.9. The molecule has 44 heavy (non-hydrogen) atoms. The summed E-state index contributed by atoms with van der Waals surface area (Å²) in [6, 6.07) is 15.8. The fourth-order valence-electron chi connectivity index (χ4n) is 5.38. The third-order valence-electron chi connectivity index (χ3n) is 7.21. The lowest BCUT2D eigenvalue weighted by Crippen LogP contribution is -2.33.